The van der Waals surface area contributed by atoms with Gasteiger partial charge in [-0.25, -0.2) is 9.37 Å². The predicted molar refractivity (Wildman–Crippen MR) is 101 cm³/mol. The Labute approximate surface area is 174 Å². The van der Waals surface area contributed by atoms with E-state index in [1.807, 2.05) is 0 Å². The summed E-state index contributed by atoms with van der Waals surface area (Å²) in [6, 6.07) is 3.44. The number of alkyl halides is 3. The van der Waals surface area contributed by atoms with Crippen molar-refractivity contribution in [2.24, 2.45) is 0 Å². The molecule has 3 rings (SSSR count). The van der Waals surface area contributed by atoms with Gasteiger partial charge in [0.1, 0.15) is 12.5 Å². The summed E-state index contributed by atoms with van der Waals surface area (Å²) in [6.07, 6.45) is -6.03. The van der Waals surface area contributed by atoms with E-state index >= 15 is 0 Å². The van der Waals surface area contributed by atoms with E-state index in [0.29, 0.717) is 5.56 Å². The second-order valence-corrected chi connectivity index (χ2v) is 7.49. The minimum Gasteiger partial charge on any atom is -0.395 e. The van der Waals surface area contributed by atoms with Gasteiger partial charge in [-0.05, 0) is 30.7 Å². The molecule has 1 fully saturated rings. The Bertz CT molecular complexity index is 884. The van der Waals surface area contributed by atoms with Crippen LogP contribution in [0.1, 0.15) is 18.1 Å². The molecule has 4 atom stereocenters. The third-order valence-corrected chi connectivity index (χ3v) is 5.34. The largest absolute Gasteiger partial charge is 0.416 e. The smallest absolute Gasteiger partial charge is 0.395 e. The van der Waals surface area contributed by atoms with Crippen LogP contribution >= 0.6 is 11.6 Å². The van der Waals surface area contributed by atoms with Crippen LogP contribution in [0.2, 0.25) is 5.02 Å². The van der Waals surface area contributed by atoms with Crippen molar-refractivity contribution in [2.45, 2.75) is 44.2 Å². The van der Waals surface area contributed by atoms with Crippen molar-refractivity contribution in [2.75, 3.05) is 11.5 Å². The van der Waals surface area contributed by atoms with E-state index in [9.17, 15) is 32.9 Å². The van der Waals surface area contributed by atoms with Crippen molar-refractivity contribution in [1.29, 1.82) is 0 Å². The highest BCUT2D eigenvalue weighted by Gasteiger charge is 2.46. The topological polar surface area (TPSA) is 80.1 Å². The summed E-state index contributed by atoms with van der Waals surface area (Å²) in [5.41, 5.74) is -0.378. The molecule has 6 nitrogen and oxygen atoms in total. The fourth-order valence-electron chi connectivity index (χ4n) is 3.55. The van der Waals surface area contributed by atoms with Crippen molar-refractivity contribution in [3.8, 4) is 0 Å². The molecule has 1 aliphatic rings. The van der Waals surface area contributed by atoms with E-state index in [1.165, 1.54) is 30.2 Å². The van der Waals surface area contributed by atoms with Gasteiger partial charge in [0.15, 0.2) is 11.6 Å². The van der Waals surface area contributed by atoms with Gasteiger partial charge in [-0.2, -0.15) is 13.2 Å². The number of benzene rings is 1. The first kappa shape index (κ1) is 22.7. The fraction of sp³-hybridized carbons (Fsp3) is 0.421. The summed E-state index contributed by atoms with van der Waals surface area (Å²) in [5.74, 6) is -1.06. The highest BCUT2D eigenvalue weighted by molar-refractivity contribution is 6.30. The van der Waals surface area contributed by atoms with Crippen LogP contribution in [0.25, 0.3) is 0 Å². The first-order valence-corrected chi connectivity index (χ1v) is 9.40. The summed E-state index contributed by atoms with van der Waals surface area (Å²) in [4.78, 5) is 6.38. The summed E-state index contributed by atoms with van der Waals surface area (Å²) in [7, 11) is 0. The van der Waals surface area contributed by atoms with Crippen LogP contribution in [0.4, 0.5) is 23.4 Å². The molecule has 0 radical (unpaired) electrons. The second kappa shape index (κ2) is 8.64. The highest BCUT2D eigenvalue weighted by atomic mass is 35.5. The molecule has 3 unspecified atom stereocenters. The Morgan fingerprint density at radius 2 is 1.77 bits per heavy atom. The lowest BCUT2D eigenvalue weighted by atomic mass is 10.0. The van der Waals surface area contributed by atoms with Gasteiger partial charge in [-0.1, -0.05) is 23.7 Å². The lowest BCUT2D eigenvalue weighted by Crippen LogP contribution is -2.69. The standard InChI is InChI=1S/C19H20ClF4N3O3/c1-10-17(29)26(8-11-2-4-12(5-3-11)19(22,23)24)15(9-28)18(30)27(10)16-14(21)6-13(20)7-25-16/h2-7,10,15,17-18,28-30H,8-9H2,1H3/t10-,15?,17?,18?/m1/s1. The van der Waals surface area contributed by atoms with E-state index in [4.69, 9.17) is 11.6 Å². The average Bonchev–Trinajstić information content (AvgIpc) is 2.67. The third kappa shape index (κ3) is 4.37. The Morgan fingerprint density at radius 1 is 1.13 bits per heavy atom. The maximum absolute atomic E-state index is 14.4. The van der Waals surface area contributed by atoms with Gasteiger partial charge >= 0.3 is 6.18 Å². The molecule has 0 bridgehead atoms. The van der Waals surface area contributed by atoms with Crippen LogP contribution < -0.4 is 4.90 Å². The Hall–Kier alpha value is -1.98. The molecule has 0 saturated carbocycles. The van der Waals surface area contributed by atoms with Gasteiger partial charge in [0.05, 0.1) is 29.3 Å². The number of aromatic nitrogens is 1. The number of hydrogen-bond donors (Lipinski definition) is 3. The van der Waals surface area contributed by atoms with Crippen molar-refractivity contribution in [1.82, 2.24) is 9.88 Å². The van der Waals surface area contributed by atoms with Gasteiger partial charge in [0.25, 0.3) is 0 Å². The van der Waals surface area contributed by atoms with Gasteiger partial charge in [-0.15, -0.1) is 0 Å². The van der Waals surface area contributed by atoms with Crippen molar-refractivity contribution >= 4 is 17.4 Å². The van der Waals surface area contributed by atoms with Gasteiger partial charge in [0.2, 0.25) is 0 Å². The first-order chi connectivity index (χ1) is 14.0. The van der Waals surface area contributed by atoms with Crippen LogP contribution in [0.3, 0.4) is 0 Å². The maximum Gasteiger partial charge on any atom is 0.416 e. The minimum absolute atomic E-state index is 0.0453. The average molecular weight is 450 g/mol. The molecule has 164 valence electrons. The molecule has 2 heterocycles. The van der Waals surface area contributed by atoms with Crippen LogP contribution in [-0.2, 0) is 12.7 Å². The number of rotatable bonds is 4. The number of halogens is 5. The molecule has 2 aromatic rings. The van der Waals surface area contributed by atoms with E-state index in [0.717, 1.165) is 23.1 Å². The Kier molecular flexibility index (Phi) is 6.54. The van der Waals surface area contributed by atoms with Gasteiger partial charge in [0, 0.05) is 12.7 Å². The van der Waals surface area contributed by atoms with Gasteiger partial charge < -0.3 is 20.2 Å². The SMILES string of the molecule is C[C@@H]1C(O)N(Cc2ccc(C(F)(F)F)cc2)C(CO)C(O)N1c1ncc(Cl)cc1F. The summed E-state index contributed by atoms with van der Waals surface area (Å²) < 4.78 is 52.6. The molecule has 11 heteroatoms. The molecule has 1 aromatic carbocycles. The number of aliphatic hydroxyl groups is 3. The molecule has 30 heavy (non-hydrogen) atoms. The number of hydrogen-bond acceptors (Lipinski definition) is 6. The minimum atomic E-state index is -4.47. The Balaban J connectivity index is 1.87. The summed E-state index contributed by atoms with van der Waals surface area (Å²) in [5, 5.41) is 31.4. The van der Waals surface area contributed by atoms with E-state index in [1.54, 1.807) is 0 Å². The fourth-order valence-corrected chi connectivity index (χ4v) is 3.69. The van der Waals surface area contributed by atoms with Gasteiger partial charge in [-0.3, -0.25) is 4.90 Å². The van der Waals surface area contributed by atoms with E-state index < -0.39 is 48.7 Å². The number of piperazine rings is 1. The van der Waals surface area contributed by atoms with Crippen LogP contribution in [0.5, 0.6) is 0 Å². The molecule has 0 aliphatic carbocycles. The molecule has 1 saturated heterocycles. The number of anilines is 1. The zero-order valence-corrected chi connectivity index (χ0v) is 16.5. The number of nitrogens with zero attached hydrogens (tertiary/aromatic N) is 3. The molecular weight excluding hydrogens is 430 g/mol. The summed E-state index contributed by atoms with van der Waals surface area (Å²) >= 11 is 5.71. The highest BCUT2D eigenvalue weighted by Crippen LogP contribution is 2.33. The van der Waals surface area contributed by atoms with Crippen molar-refractivity contribution in [3.05, 3.63) is 58.5 Å². The predicted octanol–water partition coefficient (Wildman–Crippen LogP) is 2.60. The maximum atomic E-state index is 14.4. The van der Waals surface area contributed by atoms with E-state index in [-0.39, 0.29) is 17.4 Å². The quantitative estimate of drug-likeness (QED) is 0.623. The lowest BCUT2D eigenvalue weighted by Gasteiger charge is -2.51. The monoisotopic (exact) mass is 449 g/mol. The molecule has 1 aliphatic heterocycles. The first-order valence-electron chi connectivity index (χ1n) is 9.03. The number of pyridine rings is 1. The number of aliphatic hydroxyl groups excluding tert-OH is 3. The second-order valence-electron chi connectivity index (χ2n) is 7.05. The third-order valence-electron chi connectivity index (χ3n) is 5.13. The van der Waals surface area contributed by atoms with Crippen LogP contribution in [0, 0.1) is 5.82 Å². The van der Waals surface area contributed by atoms with Crippen molar-refractivity contribution in [3.63, 3.8) is 0 Å². The zero-order valence-electron chi connectivity index (χ0n) is 15.8. The zero-order chi connectivity index (χ0) is 22.2. The van der Waals surface area contributed by atoms with E-state index in [2.05, 4.69) is 4.98 Å². The molecule has 1 aromatic heterocycles. The molecule has 3 N–H and O–H groups in total. The Morgan fingerprint density at radius 3 is 2.30 bits per heavy atom. The molecule has 0 spiro atoms. The summed E-state index contributed by atoms with van der Waals surface area (Å²) in [6.45, 7) is 0.880. The molecule has 0 amide bonds. The lowest BCUT2D eigenvalue weighted by molar-refractivity contribution is -0.137. The molecular formula is C19H20ClF4N3O3. The van der Waals surface area contributed by atoms with Crippen molar-refractivity contribution < 1.29 is 32.9 Å². The normalized spacial score (nSPS) is 25.6. The van der Waals surface area contributed by atoms with Crippen LogP contribution in [-0.4, -0.2) is 56.3 Å². The van der Waals surface area contributed by atoms with Crippen LogP contribution in [0.15, 0.2) is 36.5 Å².